The van der Waals surface area contributed by atoms with E-state index in [9.17, 15) is 14.4 Å². The molecule has 1 aromatic heterocycles. The van der Waals surface area contributed by atoms with Gasteiger partial charge >= 0.3 is 0 Å². The molecule has 8 heteroatoms. The third-order valence-corrected chi connectivity index (χ3v) is 5.79. The quantitative estimate of drug-likeness (QED) is 0.482. The maximum atomic E-state index is 12.4. The molecule has 0 bridgehead atoms. The van der Waals surface area contributed by atoms with Crippen molar-refractivity contribution in [3.8, 4) is 17.0 Å². The molecule has 3 amide bonds. The average molecular weight is 450 g/mol. The fourth-order valence-corrected chi connectivity index (χ4v) is 4.16. The van der Waals surface area contributed by atoms with Crippen LogP contribution in [0.2, 0.25) is 0 Å². The van der Waals surface area contributed by atoms with Crippen LogP contribution in [0.1, 0.15) is 46.9 Å². The number of hydrogen-bond acceptors (Lipinski definition) is 6. The lowest BCUT2D eigenvalue weighted by Gasteiger charge is -2.13. The number of ether oxygens (including phenoxy) is 1. The van der Waals surface area contributed by atoms with E-state index >= 15 is 0 Å². The molecule has 0 unspecified atom stereocenters. The Balaban J connectivity index is 1.27. The highest BCUT2D eigenvalue weighted by Gasteiger charge is 2.34. The van der Waals surface area contributed by atoms with Crippen molar-refractivity contribution in [2.45, 2.75) is 26.2 Å². The van der Waals surface area contributed by atoms with Crippen molar-refractivity contribution >= 4 is 34.2 Å². The second kappa shape index (κ2) is 9.74. The molecule has 32 heavy (non-hydrogen) atoms. The Hall–Kier alpha value is -3.52. The number of amides is 3. The van der Waals surface area contributed by atoms with Gasteiger partial charge in [-0.3, -0.25) is 19.3 Å². The molecule has 2 heterocycles. The minimum absolute atomic E-state index is 0.186. The molecule has 0 radical (unpaired) electrons. The highest BCUT2D eigenvalue weighted by Crippen LogP contribution is 2.27. The predicted molar refractivity (Wildman–Crippen MR) is 123 cm³/mol. The van der Waals surface area contributed by atoms with E-state index in [2.05, 4.69) is 17.2 Å². The highest BCUT2D eigenvalue weighted by atomic mass is 32.1. The largest absolute Gasteiger partial charge is 0.494 e. The van der Waals surface area contributed by atoms with Crippen LogP contribution in [0.3, 0.4) is 0 Å². The summed E-state index contributed by atoms with van der Waals surface area (Å²) in [5.41, 5.74) is 2.55. The van der Waals surface area contributed by atoms with Gasteiger partial charge in [0.15, 0.2) is 5.13 Å². The zero-order valence-corrected chi connectivity index (χ0v) is 18.5. The summed E-state index contributed by atoms with van der Waals surface area (Å²) < 4.78 is 5.59. The van der Waals surface area contributed by atoms with Crippen LogP contribution in [-0.4, -0.2) is 40.8 Å². The number of carbonyl (C=O) groups is 3. The molecule has 0 saturated carbocycles. The van der Waals surface area contributed by atoms with E-state index in [4.69, 9.17) is 4.74 Å². The van der Waals surface area contributed by atoms with Gasteiger partial charge in [0.25, 0.3) is 11.8 Å². The Bertz CT molecular complexity index is 1110. The molecule has 1 aliphatic heterocycles. The van der Waals surface area contributed by atoms with Gasteiger partial charge in [-0.2, -0.15) is 0 Å². The highest BCUT2D eigenvalue weighted by molar-refractivity contribution is 7.14. The molecule has 7 nitrogen and oxygen atoms in total. The second-order valence-electron chi connectivity index (χ2n) is 7.37. The number of benzene rings is 2. The summed E-state index contributed by atoms with van der Waals surface area (Å²) in [7, 11) is 0. The minimum atomic E-state index is -0.304. The first-order valence-electron chi connectivity index (χ1n) is 10.5. The van der Waals surface area contributed by atoms with Gasteiger partial charge in [-0.05, 0) is 49.2 Å². The number of aromatic nitrogens is 1. The fraction of sp³-hybridized carbons (Fsp3) is 0.250. The second-order valence-corrected chi connectivity index (χ2v) is 8.23. The molecule has 1 N–H and O–H groups in total. The Morgan fingerprint density at radius 1 is 1.06 bits per heavy atom. The first-order chi connectivity index (χ1) is 15.6. The van der Waals surface area contributed by atoms with E-state index in [1.54, 1.807) is 24.3 Å². The molecule has 3 aromatic rings. The fourth-order valence-electron chi connectivity index (χ4n) is 3.43. The van der Waals surface area contributed by atoms with Crippen LogP contribution in [0.4, 0.5) is 5.13 Å². The monoisotopic (exact) mass is 449 g/mol. The van der Waals surface area contributed by atoms with Crippen molar-refractivity contribution < 1.29 is 19.1 Å². The van der Waals surface area contributed by atoms with E-state index in [-0.39, 0.29) is 30.7 Å². The average Bonchev–Trinajstić information content (AvgIpc) is 3.37. The van der Waals surface area contributed by atoms with Crippen molar-refractivity contribution in [1.82, 2.24) is 9.88 Å². The Labute approximate surface area is 190 Å². The van der Waals surface area contributed by atoms with Gasteiger partial charge in [0.2, 0.25) is 5.91 Å². The molecule has 0 aliphatic carbocycles. The van der Waals surface area contributed by atoms with E-state index in [1.165, 1.54) is 16.2 Å². The van der Waals surface area contributed by atoms with Gasteiger partial charge < -0.3 is 10.1 Å². The Morgan fingerprint density at radius 2 is 1.75 bits per heavy atom. The number of rotatable bonds is 9. The molecular weight excluding hydrogens is 426 g/mol. The van der Waals surface area contributed by atoms with E-state index in [1.807, 2.05) is 29.6 Å². The lowest BCUT2D eigenvalue weighted by molar-refractivity contribution is -0.116. The van der Waals surface area contributed by atoms with E-state index in [0.29, 0.717) is 29.3 Å². The lowest BCUT2D eigenvalue weighted by Crippen LogP contribution is -2.31. The van der Waals surface area contributed by atoms with Gasteiger partial charge in [0, 0.05) is 23.9 Å². The molecule has 2 aromatic carbocycles. The van der Waals surface area contributed by atoms with Gasteiger partial charge in [-0.15, -0.1) is 11.3 Å². The number of hydrogen-bond donors (Lipinski definition) is 1. The topological polar surface area (TPSA) is 88.6 Å². The summed E-state index contributed by atoms with van der Waals surface area (Å²) in [6.45, 7) is 2.94. The van der Waals surface area contributed by atoms with Crippen molar-refractivity contribution in [2.75, 3.05) is 18.5 Å². The molecule has 0 spiro atoms. The number of anilines is 1. The van der Waals surface area contributed by atoms with Gasteiger partial charge in [0.1, 0.15) is 5.75 Å². The summed E-state index contributed by atoms with van der Waals surface area (Å²) in [6.07, 6.45) is 1.52. The van der Waals surface area contributed by atoms with E-state index in [0.717, 1.165) is 23.4 Å². The number of fused-ring (bicyclic) bond motifs is 1. The van der Waals surface area contributed by atoms with Gasteiger partial charge in [-0.1, -0.05) is 19.1 Å². The van der Waals surface area contributed by atoms with Crippen molar-refractivity contribution in [3.05, 3.63) is 65.0 Å². The SMILES string of the molecule is CCCOc1ccc(-c2csc(NC(=O)CCCN3C(=O)c4ccccc4C3=O)n2)cc1. The summed E-state index contributed by atoms with van der Waals surface area (Å²) in [5.74, 6) is 0.00612. The maximum Gasteiger partial charge on any atom is 0.261 e. The number of carbonyl (C=O) groups excluding carboxylic acids is 3. The predicted octanol–water partition coefficient (Wildman–Crippen LogP) is 4.61. The van der Waals surface area contributed by atoms with Crippen LogP contribution in [-0.2, 0) is 4.79 Å². The Morgan fingerprint density at radius 3 is 2.41 bits per heavy atom. The summed E-state index contributed by atoms with van der Waals surface area (Å²) in [5, 5.41) is 5.19. The van der Waals surface area contributed by atoms with Gasteiger partial charge in [-0.25, -0.2) is 4.98 Å². The Kier molecular flexibility index (Phi) is 6.61. The standard InChI is InChI=1S/C24H23N3O4S/c1-2-14-31-17-11-9-16(10-12-17)20-15-32-24(25-20)26-21(28)8-5-13-27-22(29)18-6-3-4-7-19(18)23(27)30/h3-4,6-7,9-12,15H,2,5,8,13-14H2,1H3,(H,25,26,28). The van der Waals surface area contributed by atoms with Crippen LogP contribution in [0, 0.1) is 0 Å². The smallest absolute Gasteiger partial charge is 0.261 e. The van der Waals surface area contributed by atoms with Crippen LogP contribution in [0.5, 0.6) is 5.75 Å². The molecule has 4 rings (SSSR count). The number of imide groups is 1. The number of nitrogens with zero attached hydrogens (tertiary/aromatic N) is 2. The van der Waals surface area contributed by atoms with E-state index < -0.39 is 0 Å². The third-order valence-electron chi connectivity index (χ3n) is 5.04. The minimum Gasteiger partial charge on any atom is -0.494 e. The molecular formula is C24H23N3O4S. The van der Waals surface area contributed by atoms with Crippen LogP contribution >= 0.6 is 11.3 Å². The van der Waals surface area contributed by atoms with Crippen LogP contribution in [0.25, 0.3) is 11.3 Å². The van der Waals surface area contributed by atoms with Crippen molar-refractivity contribution in [2.24, 2.45) is 0 Å². The molecule has 0 atom stereocenters. The molecule has 1 aliphatic rings. The number of nitrogens with one attached hydrogen (secondary N) is 1. The normalized spacial score (nSPS) is 12.7. The van der Waals surface area contributed by atoms with Crippen LogP contribution < -0.4 is 10.1 Å². The first kappa shape index (κ1) is 21.7. The molecule has 0 saturated heterocycles. The summed E-state index contributed by atoms with van der Waals surface area (Å²) in [6, 6.07) is 14.4. The molecule has 0 fully saturated rings. The van der Waals surface area contributed by atoms with Crippen molar-refractivity contribution in [1.29, 1.82) is 0 Å². The first-order valence-corrected chi connectivity index (χ1v) is 11.4. The van der Waals surface area contributed by atoms with Crippen molar-refractivity contribution in [3.63, 3.8) is 0 Å². The third kappa shape index (κ3) is 4.70. The zero-order valence-electron chi connectivity index (χ0n) is 17.7. The zero-order chi connectivity index (χ0) is 22.5. The van der Waals surface area contributed by atoms with Gasteiger partial charge in [0.05, 0.1) is 23.4 Å². The molecule has 164 valence electrons. The lowest BCUT2D eigenvalue weighted by atomic mass is 10.1. The summed E-state index contributed by atoms with van der Waals surface area (Å²) in [4.78, 5) is 42.7. The van der Waals surface area contributed by atoms with Crippen LogP contribution in [0.15, 0.2) is 53.9 Å². The maximum absolute atomic E-state index is 12.4. The number of thiazole rings is 1. The summed E-state index contributed by atoms with van der Waals surface area (Å²) >= 11 is 1.35.